The lowest BCUT2D eigenvalue weighted by Crippen LogP contribution is -2.65. The number of thioether (sulfide) groups is 1. The van der Waals surface area contributed by atoms with Crippen molar-refractivity contribution >= 4 is 35.6 Å². The average molecular weight is 373 g/mol. The molecule has 1 amide bonds. The number of hydrogen-bond acceptors (Lipinski definition) is 9. The molecule has 10 heteroatoms. The molecule has 0 N–H and O–H groups in total. The second-order valence-electron chi connectivity index (χ2n) is 5.18. The number of amides is 1. The van der Waals surface area contributed by atoms with Crippen molar-refractivity contribution in [3.8, 4) is 0 Å². The summed E-state index contributed by atoms with van der Waals surface area (Å²) in [6.07, 6.45) is -0.645. The van der Waals surface area contributed by atoms with Crippen molar-refractivity contribution in [2.24, 2.45) is 0 Å². The van der Waals surface area contributed by atoms with Crippen molar-refractivity contribution in [3.05, 3.63) is 11.3 Å². The van der Waals surface area contributed by atoms with Gasteiger partial charge in [0.25, 0.3) is 5.91 Å². The Bertz CT molecular complexity index is 617. The third-order valence-corrected chi connectivity index (χ3v) is 4.84. The number of methoxy groups -OCH3 is 1. The number of rotatable bonds is 7. The predicted molar refractivity (Wildman–Crippen MR) is 85.1 cm³/mol. The molecule has 1 fully saturated rings. The maximum absolute atomic E-state index is 12.4. The van der Waals surface area contributed by atoms with Gasteiger partial charge in [-0.3, -0.25) is 14.5 Å². The molecule has 0 bridgehead atoms. The molecular weight excluding hydrogens is 354 g/mol. The third-order valence-electron chi connectivity index (χ3n) is 3.52. The number of carbonyl (C=O) groups is 4. The van der Waals surface area contributed by atoms with Crippen LogP contribution in [0.3, 0.4) is 0 Å². The highest BCUT2D eigenvalue weighted by molar-refractivity contribution is 8.00. The van der Waals surface area contributed by atoms with Crippen LogP contribution in [0.2, 0.25) is 0 Å². The van der Waals surface area contributed by atoms with Crippen LogP contribution in [-0.4, -0.2) is 72.9 Å². The van der Waals surface area contributed by atoms with Crippen molar-refractivity contribution < 1.29 is 38.1 Å². The van der Waals surface area contributed by atoms with E-state index in [9.17, 15) is 19.2 Å². The average Bonchev–Trinajstić information content (AvgIpc) is 2.57. The summed E-state index contributed by atoms with van der Waals surface area (Å²) in [5.74, 6) is -2.06. The fourth-order valence-electron chi connectivity index (χ4n) is 2.42. The summed E-state index contributed by atoms with van der Waals surface area (Å²) < 4.78 is 19.7. The molecule has 2 aliphatic heterocycles. The lowest BCUT2D eigenvalue weighted by molar-refractivity contribution is -0.165. The molecule has 0 aromatic heterocycles. The third kappa shape index (κ3) is 4.13. The van der Waals surface area contributed by atoms with E-state index in [0.29, 0.717) is 11.3 Å². The van der Waals surface area contributed by atoms with Crippen LogP contribution in [0.15, 0.2) is 11.3 Å². The Morgan fingerprint density at radius 1 is 1.24 bits per heavy atom. The fraction of sp³-hybridized carbons (Fsp3) is 0.600. The SMILES string of the molecule is CCOC(=O)COC(=O)C1=C(COC(C)=O)CSC2[C@@H](OC)C(=O)N12. The normalized spacial score (nSPS) is 22.0. The zero-order valence-electron chi connectivity index (χ0n) is 14.1. The van der Waals surface area contributed by atoms with Gasteiger partial charge in [-0.15, -0.1) is 11.8 Å². The molecule has 0 saturated carbocycles. The Morgan fingerprint density at radius 3 is 2.56 bits per heavy atom. The molecule has 0 aliphatic carbocycles. The van der Waals surface area contributed by atoms with E-state index in [1.807, 2.05) is 0 Å². The Kier molecular flexibility index (Phi) is 6.43. The van der Waals surface area contributed by atoms with Crippen LogP contribution in [-0.2, 0) is 38.1 Å². The van der Waals surface area contributed by atoms with Crippen LogP contribution in [0.1, 0.15) is 13.8 Å². The fourth-order valence-corrected chi connectivity index (χ4v) is 3.77. The molecule has 25 heavy (non-hydrogen) atoms. The first-order valence-electron chi connectivity index (χ1n) is 7.56. The number of carbonyl (C=O) groups excluding carboxylic acids is 4. The van der Waals surface area contributed by atoms with Gasteiger partial charge in [0.2, 0.25) is 0 Å². The molecule has 2 atom stereocenters. The van der Waals surface area contributed by atoms with Gasteiger partial charge in [-0.2, -0.15) is 0 Å². The van der Waals surface area contributed by atoms with Crippen molar-refractivity contribution in [2.75, 3.05) is 32.7 Å². The van der Waals surface area contributed by atoms with Gasteiger partial charge in [-0.1, -0.05) is 0 Å². The molecule has 0 aromatic rings. The first-order valence-corrected chi connectivity index (χ1v) is 8.61. The Balaban J connectivity index is 2.18. The van der Waals surface area contributed by atoms with Gasteiger partial charge in [-0.25, -0.2) is 9.59 Å². The molecule has 1 saturated heterocycles. The van der Waals surface area contributed by atoms with E-state index in [-0.39, 0.29) is 30.2 Å². The minimum absolute atomic E-state index is 0.00685. The van der Waals surface area contributed by atoms with Gasteiger partial charge >= 0.3 is 17.9 Å². The van der Waals surface area contributed by atoms with Crippen molar-refractivity contribution in [1.82, 2.24) is 4.90 Å². The zero-order valence-corrected chi connectivity index (χ0v) is 14.9. The summed E-state index contributed by atoms with van der Waals surface area (Å²) in [4.78, 5) is 48.3. The quantitative estimate of drug-likeness (QED) is 0.342. The maximum Gasteiger partial charge on any atom is 0.355 e. The van der Waals surface area contributed by atoms with Gasteiger partial charge < -0.3 is 18.9 Å². The van der Waals surface area contributed by atoms with E-state index in [2.05, 4.69) is 0 Å². The zero-order chi connectivity index (χ0) is 18.6. The summed E-state index contributed by atoms with van der Waals surface area (Å²) in [5.41, 5.74) is 0.431. The lowest BCUT2D eigenvalue weighted by atomic mass is 10.1. The van der Waals surface area contributed by atoms with E-state index >= 15 is 0 Å². The predicted octanol–water partition coefficient (Wildman–Crippen LogP) is -0.160. The number of hydrogen-bond donors (Lipinski definition) is 0. The van der Waals surface area contributed by atoms with Crippen molar-refractivity contribution in [2.45, 2.75) is 25.3 Å². The first kappa shape index (κ1) is 19.3. The topological polar surface area (TPSA) is 108 Å². The number of ether oxygens (including phenoxy) is 4. The summed E-state index contributed by atoms with van der Waals surface area (Å²) in [7, 11) is 1.41. The molecule has 0 radical (unpaired) electrons. The van der Waals surface area contributed by atoms with Crippen molar-refractivity contribution in [1.29, 1.82) is 0 Å². The molecule has 138 valence electrons. The van der Waals surface area contributed by atoms with E-state index in [4.69, 9.17) is 18.9 Å². The molecule has 2 aliphatic rings. The summed E-state index contributed by atoms with van der Waals surface area (Å²) in [6, 6.07) is 0. The standard InChI is InChI=1S/C15H19NO8S/c1-4-22-10(18)6-24-15(20)11-9(5-23-8(2)17)7-25-14-12(21-3)13(19)16(11)14/h12,14H,4-7H2,1-3H3/t12-,14?/m0/s1. The van der Waals surface area contributed by atoms with Crippen LogP contribution < -0.4 is 0 Å². The molecule has 2 rings (SSSR count). The lowest BCUT2D eigenvalue weighted by Gasteiger charge is -2.48. The monoisotopic (exact) mass is 373 g/mol. The van der Waals surface area contributed by atoms with E-state index < -0.39 is 30.6 Å². The minimum Gasteiger partial charge on any atom is -0.463 e. The Morgan fingerprint density at radius 2 is 1.96 bits per heavy atom. The van der Waals surface area contributed by atoms with Crippen molar-refractivity contribution in [3.63, 3.8) is 0 Å². The highest BCUT2D eigenvalue weighted by Gasteiger charge is 2.54. The van der Waals surface area contributed by atoms with E-state index in [1.165, 1.54) is 30.7 Å². The number of nitrogens with zero attached hydrogens (tertiary/aromatic N) is 1. The minimum atomic E-state index is -0.844. The van der Waals surface area contributed by atoms with Gasteiger partial charge in [-0.05, 0) is 6.92 Å². The Labute approximate surface area is 148 Å². The largest absolute Gasteiger partial charge is 0.463 e. The first-order chi connectivity index (χ1) is 11.9. The Hall–Kier alpha value is -2.07. The van der Waals surface area contributed by atoms with Gasteiger partial charge in [0.05, 0.1) is 6.61 Å². The second kappa shape index (κ2) is 8.34. The maximum atomic E-state index is 12.4. The van der Waals surface area contributed by atoms with E-state index in [0.717, 1.165) is 0 Å². The smallest absolute Gasteiger partial charge is 0.355 e. The summed E-state index contributed by atoms with van der Waals surface area (Å²) in [6.45, 7) is 2.33. The van der Waals surface area contributed by atoms with Crippen LogP contribution in [0.5, 0.6) is 0 Å². The number of β-lactam (4-membered cyclic amide) rings is 1. The van der Waals surface area contributed by atoms with Crippen LogP contribution in [0.4, 0.5) is 0 Å². The number of esters is 3. The van der Waals surface area contributed by atoms with Crippen LogP contribution >= 0.6 is 11.8 Å². The molecule has 0 spiro atoms. The molecule has 1 unspecified atom stereocenters. The molecule has 0 aromatic carbocycles. The van der Waals surface area contributed by atoms with Gasteiger partial charge in [0.1, 0.15) is 17.7 Å². The highest BCUT2D eigenvalue weighted by Crippen LogP contribution is 2.41. The molecule has 2 heterocycles. The van der Waals surface area contributed by atoms with E-state index in [1.54, 1.807) is 6.92 Å². The molecule has 9 nitrogen and oxygen atoms in total. The van der Waals surface area contributed by atoms with Crippen LogP contribution in [0.25, 0.3) is 0 Å². The van der Waals surface area contributed by atoms with Gasteiger partial charge in [0, 0.05) is 25.4 Å². The molecular formula is C15H19NO8S. The number of fused-ring (bicyclic) bond motifs is 1. The summed E-state index contributed by atoms with van der Waals surface area (Å²) in [5, 5.41) is -0.358. The van der Waals surface area contributed by atoms with Gasteiger partial charge in [0.15, 0.2) is 12.7 Å². The highest BCUT2D eigenvalue weighted by atomic mass is 32.2. The summed E-state index contributed by atoms with van der Waals surface area (Å²) >= 11 is 1.39. The van der Waals surface area contributed by atoms with Crippen LogP contribution in [0, 0.1) is 0 Å². The second-order valence-corrected chi connectivity index (χ2v) is 6.28.